The molecule has 3 aromatic rings. The normalized spacial score (nSPS) is 10.6. The van der Waals surface area contributed by atoms with Gasteiger partial charge in [-0.2, -0.15) is 0 Å². The smallest absolute Gasteiger partial charge is 0.231 e. The van der Waals surface area contributed by atoms with Gasteiger partial charge in [0.2, 0.25) is 11.8 Å². The molecule has 150 valence electrons. The number of anilines is 1. The van der Waals surface area contributed by atoms with Crippen molar-refractivity contribution in [3.63, 3.8) is 0 Å². The van der Waals surface area contributed by atoms with Crippen molar-refractivity contribution in [2.45, 2.75) is 33.1 Å². The fraction of sp³-hybridized carbons (Fsp3) is 0.261. The zero-order valence-electron chi connectivity index (χ0n) is 16.7. The Kier molecular flexibility index (Phi) is 7.14. The summed E-state index contributed by atoms with van der Waals surface area (Å²) in [6.45, 7) is 4.20. The van der Waals surface area contributed by atoms with E-state index in [4.69, 9.17) is 0 Å². The van der Waals surface area contributed by atoms with Gasteiger partial charge >= 0.3 is 0 Å². The molecule has 6 heteroatoms. The first-order chi connectivity index (χ1) is 14.0. The van der Waals surface area contributed by atoms with Crippen LogP contribution in [0.5, 0.6) is 0 Å². The molecule has 1 heterocycles. The van der Waals surface area contributed by atoms with Gasteiger partial charge in [0.05, 0.1) is 12.1 Å². The third kappa shape index (κ3) is 6.26. The SMILES string of the molecule is CC(=O)NCCCc1ccc(-c2csc(CC(=O)Nc3ccccc3C)n2)cc1. The third-order valence-corrected chi connectivity index (χ3v) is 5.40. The van der Waals surface area contributed by atoms with Crippen molar-refractivity contribution in [2.24, 2.45) is 0 Å². The number of hydrogen-bond acceptors (Lipinski definition) is 4. The Hall–Kier alpha value is -2.99. The molecule has 3 rings (SSSR count). The van der Waals surface area contributed by atoms with Gasteiger partial charge in [-0.15, -0.1) is 11.3 Å². The lowest BCUT2D eigenvalue weighted by Crippen LogP contribution is -2.21. The molecule has 0 aliphatic rings. The van der Waals surface area contributed by atoms with Gasteiger partial charge in [0.15, 0.2) is 0 Å². The minimum absolute atomic E-state index is 0.00673. The van der Waals surface area contributed by atoms with Crippen molar-refractivity contribution in [1.29, 1.82) is 0 Å². The Balaban J connectivity index is 1.54. The maximum absolute atomic E-state index is 12.3. The summed E-state index contributed by atoms with van der Waals surface area (Å²) in [6, 6.07) is 16.0. The van der Waals surface area contributed by atoms with Crippen molar-refractivity contribution in [3.05, 3.63) is 70.0 Å². The van der Waals surface area contributed by atoms with Crippen LogP contribution in [0.15, 0.2) is 53.9 Å². The lowest BCUT2D eigenvalue weighted by atomic mass is 10.1. The number of nitrogens with one attached hydrogen (secondary N) is 2. The largest absolute Gasteiger partial charge is 0.356 e. The van der Waals surface area contributed by atoms with Crippen LogP contribution in [0, 0.1) is 6.92 Å². The number of aryl methyl sites for hydroxylation is 2. The Morgan fingerprint density at radius 2 is 1.83 bits per heavy atom. The van der Waals surface area contributed by atoms with Crippen LogP contribution in [0.25, 0.3) is 11.3 Å². The van der Waals surface area contributed by atoms with Gasteiger partial charge in [-0.05, 0) is 37.0 Å². The quantitative estimate of drug-likeness (QED) is 0.545. The van der Waals surface area contributed by atoms with E-state index in [1.807, 2.05) is 36.6 Å². The highest BCUT2D eigenvalue weighted by molar-refractivity contribution is 7.10. The summed E-state index contributed by atoms with van der Waals surface area (Å²) < 4.78 is 0. The van der Waals surface area contributed by atoms with Gasteiger partial charge in [0, 0.05) is 30.1 Å². The Morgan fingerprint density at radius 1 is 1.07 bits per heavy atom. The molecule has 0 radical (unpaired) electrons. The summed E-state index contributed by atoms with van der Waals surface area (Å²) in [6.07, 6.45) is 2.10. The predicted octanol–water partition coefficient (Wildman–Crippen LogP) is 4.37. The second-order valence-corrected chi connectivity index (χ2v) is 7.89. The van der Waals surface area contributed by atoms with Crippen LogP contribution in [0.4, 0.5) is 5.69 Å². The maximum Gasteiger partial charge on any atom is 0.231 e. The zero-order valence-corrected chi connectivity index (χ0v) is 17.5. The van der Waals surface area contributed by atoms with Gasteiger partial charge in [-0.1, -0.05) is 42.5 Å². The van der Waals surface area contributed by atoms with Crippen molar-refractivity contribution >= 4 is 28.8 Å². The van der Waals surface area contributed by atoms with Gasteiger partial charge in [-0.25, -0.2) is 4.98 Å². The molecule has 5 nitrogen and oxygen atoms in total. The number of carbonyl (C=O) groups is 2. The molecule has 0 aliphatic heterocycles. The van der Waals surface area contributed by atoms with Gasteiger partial charge in [-0.3, -0.25) is 9.59 Å². The summed E-state index contributed by atoms with van der Waals surface area (Å²) in [7, 11) is 0. The molecule has 29 heavy (non-hydrogen) atoms. The van der Waals surface area contributed by atoms with Crippen molar-refractivity contribution in [3.8, 4) is 11.3 Å². The second-order valence-electron chi connectivity index (χ2n) is 6.95. The lowest BCUT2D eigenvalue weighted by molar-refractivity contribution is -0.119. The lowest BCUT2D eigenvalue weighted by Gasteiger charge is -2.06. The van der Waals surface area contributed by atoms with E-state index < -0.39 is 0 Å². The van der Waals surface area contributed by atoms with Crippen LogP contribution in [0.3, 0.4) is 0 Å². The van der Waals surface area contributed by atoms with Crippen LogP contribution >= 0.6 is 11.3 Å². The van der Waals surface area contributed by atoms with E-state index in [1.165, 1.54) is 23.8 Å². The van der Waals surface area contributed by atoms with Crippen LogP contribution < -0.4 is 10.6 Å². The molecule has 0 spiro atoms. The number of hydrogen-bond donors (Lipinski definition) is 2. The van der Waals surface area contributed by atoms with Gasteiger partial charge < -0.3 is 10.6 Å². The Labute approximate surface area is 175 Å². The van der Waals surface area contributed by atoms with Crippen LogP contribution in [0.1, 0.15) is 29.5 Å². The molecule has 2 N–H and O–H groups in total. The van der Waals surface area contributed by atoms with Gasteiger partial charge in [0.25, 0.3) is 0 Å². The van der Waals surface area contributed by atoms with Crippen molar-refractivity contribution < 1.29 is 9.59 Å². The number of rotatable bonds is 8. The number of aromatic nitrogens is 1. The summed E-state index contributed by atoms with van der Waals surface area (Å²) in [5, 5.41) is 8.54. The highest BCUT2D eigenvalue weighted by Crippen LogP contribution is 2.23. The topological polar surface area (TPSA) is 71.1 Å². The monoisotopic (exact) mass is 407 g/mol. The Morgan fingerprint density at radius 3 is 2.55 bits per heavy atom. The van der Waals surface area contributed by atoms with E-state index in [9.17, 15) is 9.59 Å². The molecular weight excluding hydrogens is 382 g/mol. The number of amides is 2. The molecule has 0 saturated carbocycles. The van der Waals surface area contributed by atoms with E-state index in [-0.39, 0.29) is 18.2 Å². The zero-order chi connectivity index (χ0) is 20.6. The molecule has 0 bridgehead atoms. The van der Waals surface area contributed by atoms with Crippen LogP contribution in [0.2, 0.25) is 0 Å². The molecule has 0 aliphatic carbocycles. The van der Waals surface area contributed by atoms with E-state index in [2.05, 4.69) is 39.9 Å². The fourth-order valence-electron chi connectivity index (χ4n) is 2.97. The fourth-order valence-corrected chi connectivity index (χ4v) is 3.77. The number of thiazole rings is 1. The van der Waals surface area contributed by atoms with Crippen molar-refractivity contribution in [1.82, 2.24) is 10.3 Å². The average Bonchev–Trinajstić information content (AvgIpc) is 3.16. The summed E-state index contributed by atoms with van der Waals surface area (Å²) >= 11 is 1.50. The van der Waals surface area contributed by atoms with Crippen LogP contribution in [-0.4, -0.2) is 23.3 Å². The van der Waals surface area contributed by atoms with E-state index >= 15 is 0 Å². The first-order valence-electron chi connectivity index (χ1n) is 9.65. The standard InChI is InChI=1S/C23H25N3O2S/c1-16-6-3-4-8-20(16)25-22(28)14-23-26-21(15-29-23)19-11-9-18(10-12-19)7-5-13-24-17(2)27/h3-4,6,8-12,15H,5,7,13-14H2,1-2H3,(H,24,27)(H,25,28). The Bertz CT molecular complexity index is 980. The van der Waals surface area contributed by atoms with Crippen molar-refractivity contribution in [2.75, 3.05) is 11.9 Å². The second kappa shape index (κ2) is 9.98. The number of nitrogens with zero attached hydrogens (tertiary/aromatic N) is 1. The number of benzene rings is 2. The van der Waals surface area contributed by atoms with Gasteiger partial charge in [0.1, 0.15) is 5.01 Å². The molecule has 1 aromatic heterocycles. The summed E-state index contributed by atoms with van der Waals surface area (Å²) in [5.74, 6) is -0.0537. The minimum Gasteiger partial charge on any atom is -0.356 e. The summed E-state index contributed by atoms with van der Waals surface area (Å²) in [5.41, 5.74) is 5.03. The van der Waals surface area contributed by atoms with E-state index in [0.29, 0.717) is 6.54 Å². The molecule has 2 amide bonds. The molecular formula is C23H25N3O2S. The van der Waals surface area contributed by atoms with E-state index in [0.717, 1.165) is 40.4 Å². The molecule has 0 unspecified atom stereocenters. The molecule has 2 aromatic carbocycles. The average molecular weight is 408 g/mol. The molecule has 0 atom stereocenters. The highest BCUT2D eigenvalue weighted by Gasteiger charge is 2.10. The summed E-state index contributed by atoms with van der Waals surface area (Å²) in [4.78, 5) is 27.8. The molecule has 0 fully saturated rings. The number of carbonyl (C=O) groups excluding carboxylic acids is 2. The van der Waals surface area contributed by atoms with E-state index in [1.54, 1.807) is 0 Å². The predicted molar refractivity (Wildman–Crippen MR) is 118 cm³/mol. The maximum atomic E-state index is 12.3. The first kappa shape index (κ1) is 20.7. The highest BCUT2D eigenvalue weighted by atomic mass is 32.1. The molecule has 0 saturated heterocycles. The minimum atomic E-state index is -0.0604. The first-order valence-corrected chi connectivity index (χ1v) is 10.5. The number of para-hydroxylation sites is 1. The third-order valence-electron chi connectivity index (χ3n) is 4.55. The van der Waals surface area contributed by atoms with Crippen LogP contribution in [-0.2, 0) is 22.4 Å².